The fourth-order valence-corrected chi connectivity index (χ4v) is 6.19. The van der Waals surface area contributed by atoms with Gasteiger partial charge in [-0.3, -0.25) is 4.79 Å². The van der Waals surface area contributed by atoms with Crippen LogP contribution in [0.3, 0.4) is 0 Å². The Bertz CT molecular complexity index is 642. The van der Waals surface area contributed by atoms with Gasteiger partial charge < -0.3 is 16.4 Å². The van der Waals surface area contributed by atoms with Crippen LogP contribution in [0.15, 0.2) is 12.3 Å². The molecule has 0 atom stereocenters. The SMILES string of the molecule is NCCCNc1nccc(C(=O)NCC23CC4CC(CC(C4)C2)C3)c1Cl. The number of nitrogens with two attached hydrogens (primary N) is 1. The fourth-order valence-electron chi connectivity index (χ4n) is 5.92. The molecular weight excluding hydrogens is 348 g/mol. The number of nitrogens with zero attached hydrogens (tertiary/aromatic N) is 1. The van der Waals surface area contributed by atoms with Crippen LogP contribution in [-0.4, -0.2) is 30.5 Å². The Balaban J connectivity index is 1.40. The summed E-state index contributed by atoms with van der Waals surface area (Å²) in [6.07, 6.45) is 10.6. The number of aromatic nitrogens is 1. The molecular formula is C20H29ClN4O. The zero-order valence-electron chi connectivity index (χ0n) is 15.3. The minimum absolute atomic E-state index is 0.0879. The maximum absolute atomic E-state index is 12.8. The summed E-state index contributed by atoms with van der Waals surface area (Å²) in [7, 11) is 0. The lowest BCUT2D eigenvalue weighted by molar-refractivity contribution is -0.0503. The molecule has 0 aliphatic heterocycles. The van der Waals surface area contributed by atoms with Crippen molar-refractivity contribution in [1.29, 1.82) is 0 Å². The molecule has 1 aromatic heterocycles. The van der Waals surface area contributed by atoms with Crippen LogP contribution < -0.4 is 16.4 Å². The van der Waals surface area contributed by atoms with Crippen molar-refractivity contribution in [3.63, 3.8) is 0 Å². The van der Waals surface area contributed by atoms with Gasteiger partial charge in [0.05, 0.1) is 10.6 Å². The first-order valence-corrected chi connectivity index (χ1v) is 10.3. The van der Waals surface area contributed by atoms with Crippen LogP contribution >= 0.6 is 11.6 Å². The lowest BCUT2D eigenvalue weighted by Gasteiger charge is -2.56. The van der Waals surface area contributed by atoms with Crippen LogP contribution in [0.1, 0.15) is 55.3 Å². The van der Waals surface area contributed by atoms with Gasteiger partial charge in [0.15, 0.2) is 0 Å². The van der Waals surface area contributed by atoms with Crippen LogP contribution in [0.25, 0.3) is 0 Å². The normalized spacial score (nSPS) is 31.8. The number of amides is 1. The van der Waals surface area contributed by atoms with Gasteiger partial charge in [-0.2, -0.15) is 0 Å². The van der Waals surface area contributed by atoms with Crippen LogP contribution in [0.5, 0.6) is 0 Å². The maximum Gasteiger partial charge on any atom is 0.253 e. The Hall–Kier alpha value is -1.33. The van der Waals surface area contributed by atoms with Crippen molar-refractivity contribution in [1.82, 2.24) is 10.3 Å². The van der Waals surface area contributed by atoms with Crippen molar-refractivity contribution in [2.45, 2.75) is 44.9 Å². The Morgan fingerprint density at radius 1 is 1.23 bits per heavy atom. The summed E-state index contributed by atoms with van der Waals surface area (Å²) in [5.74, 6) is 3.14. The second-order valence-corrected chi connectivity index (χ2v) is 9.07. The molecule has 6 heteroatoms. The van der Waals surface area contributed by atoms with Gasteiger partial charge >= 0.3 is 0 Å². The van der Waals surface area contributed by atoms with Crippen LogP contribution in [0, 0.1) is 23.2 Å². The topological polar surface area (TPSA) is 80.0 Å². The van der Waals surface area contributed by atoms with Gasteiger partial charge in [-0.05, 0) is 80.7 Å². The zero-order valence-corrected chi connectivity index (χ0v) is 16.0. The quantitative estimate of drug-likeness (QED) is 0.637. The summed E-state index contributed by atoms with van der Waals surface area (Å²) in [6, 6.07) is 1.70. The summed E-state index contributed by atoms with van der Waals surface area (Å²) in [6.45, 7) is 2.08. The van der Waals surface area contributed by atoms with Gasteiger partial charge in [-0.25, -0.2) is 4.98 Å². The molecule has 5 nitrogen and oxygen atoms in total. The first-order chi connectivity index (χ1) is 12.6. The molecule has 4 N–H and O–H groups in total. The van der Waals surface area contributed by atoms with Crippen LogP contribution in [0.4, 0.5) is 5.82 Å². The monoisotopic (exact) mass is 376 g/mol. The van der Waals surface area contributed by atoms with Gasteiger partial charge in [0.1, 0.15) is 5.82 Å². The lowest BCUT2D eigenvalue weighted by atomic mass is 9.49. The van der Waals surface area contributed by atoms with E-state index in [0.717, 1.165) is 30.7 Å². The van der Waals surface area contributed by atoms with Crippen molar-refractivity contribution < 1.29 is 4.79 Å². The highest BCUT2D eigenvalue weighted by molar-refractivity contribution is 6.36. The molecule has 0 aromatic carbocycles. The molecule has 0 saturated heterocycles. The van der Waals surface area contributed by atoms with E-state index < -0.39 is 0 Å². The first-order valence-electron chi connectivity index (χ1n) is 9.95. The number of carbonyl (C=O) groups excluding carboxylic acids is 1. The van der Waals surface area contributed by atoms with Crippen molar-refractivity contribution in [2.75, 3.05) is 25.0 Å². The average Bonchev–Trinajstić information content (AvgIpc) is 2.60. The Labute approximate surface area is 160 Å². The van der Waals surface area contributed by atoms with E-state index in [1.54, 1.807) is 12.3 Å². The second-order valence-electron chi connectivity index (χ2n) is 8.69. The summed E-state index contributed by atoms with van der Waals surface area (Å²) < 4.78 is 0. The molecule has 4 fully saturated rings. The zero-order chi connectivity index (χ0) is 18.1. The first kappa shape index (κ1) is 18.1. The number of carbonyl (C=O) groups is 1. The van der Waals surface area contributed by atoms with E-state index in [-0.39, 0.29) is 5.91 Å². The molecule has 1 amide bonds. The summed E-state index contributed by atoms with van der Waals surface area (Å²) in [5.41, 5.74) is 6.34. The Morgan fingerprint density at radius 2 is 1.88 bits per heavy atom. The highest BCUT2D eigenvalue weighted by Gasteiger charge is 2.50. The summed E-state index contributed by atoms with van der Waals surface area (Å²) >= 11 is 6.42. The highest BCUT2D eigenvalue weighted by atomic mass is 35.5. The average molecular weight is 377 g/mol. The fraction of sp³-hybridized carbons (Fsp3) is 0.700. The second kappa shape index (κ2) is 7.35. The molecule has 26 heavy (non-hydrogen) atoms. The van der Waals surface area contributed by atoms with Crippen molar-refractivity contribution in [3.8, 4) is 0 Å². The molecule has 0 radical (unpaired) electrons. The van der Waals surface area contributed by atoms with Crippen LogP contribution in [-0.2, 0) is 0 Å². The van der Waals surface area contributed by atoms with Gasteiger partial charge in [0.2, 0.25) is 0 Å². The third-order valence-electron chi connectivity index (χ3n) is 6.60. The van der Waals surface area contributed by atoms with E-state index in [0.29, 0.717) is 34.9 Å². The molecule has 1 heterocycles. The molecule has 142 valence electrons. The van der Waals surface area contributed by atoms with E-state index in [9.17, 15) is 4.79 Å². The summed E-state index contributed by atoms with van der Waals surface area (Å²) in [4.78, 5) is 17.0. The predicted molar refractivity (Wildman–Crippen MR) is 104 cm³/mol. The standard InChI is InChI=1S/C20H29ClN4O/c21-17-16(2-5-24-18(17)23-4-1-3-22)19(26)25-12-20-9-13-6-14(10-20)8-15(7-13)11-20/h2,5,13-15H,1,3-4,6-12,22H2,(H,23,24)(H,25,26). The van der Waals surface area contributed by atoms with E-state index >= 15 is 0 Å². The van der Waals surface area contributed by atoms with Gasteiger partial charge in [0, 0.05) is 19.3 Å². The van der Waals surface area contributed by atoms with Gasteiger partial charge in [0.25, 0.3) is 5.91 Å². The van der Waals surface area contributed by atoms with Gasteiger partial charge in [-0.1, -0.05) is 11.6 Å². The third-order valence-corrected chi connectivity index (χ3v) is 6.98. The van der Waals surface area contributed by atoms with Crippen LogP contribution in [0.2, 0.25) is 5.02 Å². The lowest BCUT2D eigenvalue weighted by Crippen LogP contribution is -2.51. The largest absolute Gasteiger partial charge is 0.369 e. The minimum atomic E-state index is -0.0879. The molecule has 0 unspecified atom stereocenters. The van der Waals surface area contributed by atoms with E-state index in [2.05, 4.69) is 15.6 Å². The number of hydrogen-bond acceptors (Lipinski definition) is 4. The Kier molecular flexibility index (Phi) is 5.11. The van der Waals surface area contributed by atoms with Crippen molar-refractivity contribution in [3.05, 3.63) is 22.8 Å². The third kappa shape index (κ3) is 3.56. The number of pyridine rings is 1. The van der Waals surface area contributed by atoms with Crippen molar-refractivity contribution >= 4 is 23.3 Å². The number of hydrogen-bond donors (Lipinski definition) is 3. The number of rotatable bonds is 7. The predicted octanol–water partition coefficient (Wildman–Crippen LogP) is 3.44. The maximum atomic E-state index is 12.8. The van der Waals surface area contributed by atoms with E-state index in [1.807, 2.05) is 0 Å². The molecule has 4 aliphatic carbocycles. The number of anilines is 1. The molecule has 4 saturated carbocycles. The molecule has 1 aromatic rings. The highest BCUT2D eigenvalue weighted by Crippen LogP contribution is 2.59. The summed E-state index contributed by atoms with van der Waals surface area (Å²) in [5, 5.41) is 6.74. The van der Waals surface area contributed by atoms with E-state index in [4.69, 9.17) is 17.3 Å². The molecule has 4 aliphatic rings. The molecule has 4 bridgehead atoms. The van der Waals surface area contributed by atoms with Gasteiger partial charge in [-0.15, -0.1) is 0 Å². The minimum Gasteiger partial charge on any atom is -0.369 e. The van der Waals surface area contributed by atoms with E-state index in [1.165, 1.54) is 38.5 Å². The number of halogens is 1. The molecule has 0 spiro atoms. The number of nitrogens with one attached hydrogen (secondary N) is 2. The Morgan fingerprint density at radius 3 is 2.50 bits per heavy atom. The van der Waals surface area contributed by atoms with Crippen molar-refractivity contribution in [2.24, 2.45) is 28.9 Å². The molecule has 5 rings (SSSR count). The smallest absolute Gasteiger partial charge is 0.253 e.